The highest BCUT2D eigenvalue weighted by molar-refractivity contribution is 6.30. The lowest BCUT2D eigenvalue weighted by atomic mass is 10.2. The van der Waals surface area contributed by atoms with Gasteiger partial charge in [0.1, 0.15) is 0 Å². The van der Waals surface area contributed by atoms with E-state index in [1.54, 1.807) is 6.07 Å². The number of hydrogen-bond acceptors (Lipinski definition) is 2. The van der Waals surface area contributed by atoms with Gasteiger partial charge in [-0.25, -0.2) is 0 Å². The van der Waals surface area contributed by atoms with Crippen LogP contribution in [0, 0.1) is 0 Å². The van der Waals surface area contributed by atoms with Crippen molar-refractivity contribution in [1.29, 1.82) is 0 Å². The summed E-state index contributed by atoms with van der Waals surface area (Å²) in [6.45, 7) is 4.13. The summed E-state index contributed by atoms with van der Waals surface area (Å²) in [7, 11) is 0. The number of benzene rings is 1. The van der Waals surface area contributed by atoms with Crippen LogP contribution in [0.15, 0.2) is 18.2 Å². The molecule has 2 N–H and O–H groups in total. The summed E-state index contributed by atoms with van der Waals surface area (Å²) in [5, 5.41) is 12.8. The van der Waals surface area contributed by atoms with Crippen LogP contribution in [0.25, 0.3) is 0 Å². The summed E-state index contributed by atoms with van der Waals surface area (Å²) >= 11 is 5.86. The zero-order valence-electron chi connectivity index (χ0n) is 7.84. The van der Waals surface area contributed by atoms with Gasteiger partial charge < -0.3 is 10.4 Å². The molecule has 0 fully saturated rings. The predicted molar refractivity (Wildman–Crippen MR) is 56.1 cm³/mol. The van der Waals surface area contributed by atoms with E-state index in [1.807, 2.05) is 12.1 Å². The second-order valence-corrected chi connectivity index (χ2v) is 3.74. The van der Waals surface area contributed by atoms with Crippen LogP contribution in [-0.4, -0.2) is 11.1 Å². The van der Waals surface area contributed by atoms with Crippen LogP contribution in [-0.2, 0) is 6.61 Å². The Morgan fingerprint density at radius 2 is 2.08 bits per heavy atom. The third-order valence-electron chi connectivity index (χ3n) is 1.60. The van der Waals surface area contributed by atoms with Crippen LogP contribution in [0.3, 0.4) is 0 Å². The van der Waals surface area contributed by atoms with Gasteiger partial charge in [0, 0.05) is 16.8 Å². The highest BCUT2D eigenvalue weighted by atomic mass is 35.5. The standard InChI is InChI=1S/C10H14ClNO/c1-7(2)12-10-4-8(6-13)3-9(11)5-10/h3-5,7,12-13H,6H2,1-2H3. The van der Waals surface area contributed by atoms with Crippen LogP contribution in [0.1, 0.15) is 19.4 Å². The van der Waals surface area contributed by atoms with Gasteiger partial charge in [-0.1, -0.05) is 11.6 Å². The molecule has 0 saturated carbocycles. The summed E-state index contributed by atoms with van der Waals surface area (Å²) in [4.78, 5) is 0. The molecule has 13 heavy (non-hydrogen) atoms. The summed E-state index contributed by atoms with van der Waals surface area (Å²) in [5.41, 5.74) is 1.78. The van der Waals surface area contributed by atoms with E-state index >= 15 is 0 Å². The molecule has 0 spiro atoms. The van der Waals surface area contributed by atoms with E-state index in [4.69, 9.17) is 16.7 Å². The van der Waals surface area contributed by atoms with Gasteiger partial charge in [0.15, 0.2) is 0 Å². The number of anilines is 1. The van der Waals surface area contributed by atoms with Crippen LogP contribution < -0.4 is 5.32 Å². The van der Waals surface area contributed by atoms with Gasteiger partial charge in [0.2, 0.25) is 0 Å². The van der Waals surface area contributed by atoms with Crippen LogP contribution in [0.5, 0.6) is 0 Å². The molecule has 0 amide bonds. The Labute approximate surface area is 83.5 Å². The summed E-state index contributed by atoms with van der Waals surface area (Å²) < 4.78 is 0. The molecule has 72 valence electrons. The van der Waals surface area contributed by atoms with E-state index in [-0.39, 0.29) is 6.61 Å². The fraction of sp³-hybridized carbons (Fsp3) is 0.400. The van der Waals surface area contributed by atoms with E-state index in [0.29, 0.717) is 11.1 Å². The first-order chi connectivity index (χ1) is 6.11. The molecular weight excluding hydrogens is 186 g/mol. The second kappa shape index (κ2) is 4.49. The monoisotopic (exact) mass is 199 g/mol. The third kappa shape index (κ3) is 3.25. The van der Waals surface area contributed by atoms with E-state index in [1.165, 1.54) is 0 Å². The number of aliphatic hydroxyl groups excluding tert-OH is 1. The number of halogens is 1. The molecular formula is C10H14ClNO. The largest absolute Gasteiger partial charge is 0.392 e. The summed E-state index contributed by atoms with van der Waals surface area (Å²) in [6, 6.07) is 5.87. The number of hydrogen-bond donors (Lipinski definition) is 2. The molecule has 0 aliphatic rings. The number of aliphatic hydroxyl groups is 1. The SMILES string of the molecule is CC(C)Nc1cc(Cl)cc(CO)c1. The van der Waals surface area contributed by atoms with E-state index in [9.17, 15) is 0 Å². The van der Waals surface area contributed by atoms with E-state index < -0.39 is 0 Å². The molecule has 0 aliphatic carbocycles. The smallest absolute Gasteiger partial charge is 0.0683 e. The van der Waals surface area contributed by atoms with Gasteiger partial charge in [0.05, 0.1) is 6.61 Å². The molecule has 3 heteroatoms. The van der Waals surface area contributed by atoms with Crippen molar-refractivity contribution in [2.24, 2.45) is 0 Å². The molecule has 0 radical (unpaired) electrons. The molecule has 0 aliphatic heterocycles. The Morgan fingerprint density at radius 3 is 2.62 bits per heavy atom. The Balaban J connectivity index is 2.88. The number of rotatable bonds is 3. The van der Waals surface area contributed by atoms with E-state index in [2.05, 4.69) is 19.2 Å². The second-order valence-electron chi connectivity index (χ2n) is 3.31. The lowest BCUT2D eigenvalue weighted by Crippen LogP contribution is -2.09. The fourth-order valence-electron chi connectivity index (χ4n) is 1.16. The van der Waals surface area contributed by atoms with Crippen molar-refractivity contribution in [3.63, 3.8) is 0 Å². The Kier molecular flexibility index (Phi) is 3.58. The highest BCUT2D eigenvalue weighted by Crippen LogP contribution is 2.19. The maximum atomic E-state index is 8.93. The molecule has 0 heterocycles. The maximum Gasteiger partial charge on any atom is 0.0683 e. The highest BCUT2D eigenvalue weighted by Gasteiger charge is 1.99. The molecule has 1 rings (SSSR count). The molecule has 1 aromatic rings. The first-order valence-electron chi connectivity index (χ1n) is 4.28. The van der Waals surface area contributed by atoms with Crippen molar-refractivity contribution in [2.45, 2.75) is 26.5 Å². The van der Waals surface area contributed by atoms with Gasteiger partial charge >= 0.3 is 0 Å². The van der Waals surface area contributed by atoms with Gasteiger partial charge in [-0.05, 0) is 37.6 Å². The Hall–Kier alpha value is -0.730. The zero-order chi connectivity index (χ0) is 9.84. The summed E-state index contributed by atoms with van der Waals surface area (Å²) in [6.07, 6.45) is 0. The third-order valence-corrected chi connectivity index (χ3v) is 1.81. The van der Waals surface area contributed by atoms with Crippen molar-refractivity contribution in [2.75, 3.05) is 5.32 Å². The molecule has 2 nitrogen and oxygen atoms in total. The van der Waals surface area contributed by atoms with Crippen LogP contribution in [0.4, 0.5) is 5.69 Å². The normalized spacial score (nSPS) is 10.5. The van der Waals surface area contributed by atoms with Gasteiger partial charge in [0.25, 0.3) is 0 Å². The maximum absolute atomic E-state index is 8.93. The van der Waals surface area contributed by atoms with Crippen molar-refractivity contribution < 1.29 is 5.11 Å². The Bertz CT molecular complexity index is 286. The number of nitrogens with one attached hydrogen (secondary N) is 1. The van der Waals surface area contributed by atoms with Crippen molar-refractivity contribution >= 4 is 17.3 Å². The minimum absolute atomic E-state index is 0.0212. The Morgan fingerprint density at radius 1 is 1.38 bits per heavy atom. The van der Waals surface area contributed by atoms with Gasteiger partial charge in [-0.3, -0.25) is 0 Å². The fourth-order valence-corrected chi connectivity index (χ4v) is 1.42. The average Bonchev–Trinajstić information content (AvgIpc) is 2.01. The predicted octanol–water partition coefficient (Wildman–Crippen LogP) is 2.65. The average molecular weight is 200 g/mol. The molecule has 0 atom stereocenters. The molecule has 1 aromatic carbocycles. The minimum atomic E-state index is 0.0212. The lowest BCUT2D eigenvalue weighted by Gasteiger charge is -2.11. The van der Waals surface area contributed by atoms with E-state index in [0.717, 1.165) is 11.3 Å². The van der Waals surface area contributed by atoms with Crippen LogP contribution >= 0.6 is 11.6 Å². The van der Waals surface area contributed by atoms with Gasteiger partial charge in [-0.15, -0.1) is 0 Å². The topological polar surface area (TPSA) is 32.3 Å². The summed E-state index contributed by atoms with van der Waals surface area (Å²) in [5.74, 6) is 0. The lowest BCUT2D eigenvalue weighted by molar-refractivity contribution is 0.282. The quantitative estimate of drug-likeness (QED) is 0.785. The molecule has 0 aromatic heterocycles. The van der Waals surface area contributed by atoms with Gasteiger partial charge in [-0.2, -0.15) is 0 Å². The van der Waals surface area contributed by atoms with Crippen LogP contribution in [0.2, 0.25) is 5.02 Å². The molecule has 0 saturated heterocycles. The molecule has 0 bridgehead atoms. The van der Waals surface area contributed by atoms with Crippen molar-refractivity contribution in [3.8, 4) is 0 Å². The molecule has 0 unspecified atom stereocenters. The minimum Gasteiger partial charge on any atom is -0.392 e. The van der Waals surface area contributed by atoms with Crippen molar-refractivity contribution in [3.05, 3.63) is 28.8 Å². The van der Waals surface area contributed by atoms with Crippen molar-refractivity contribution in [1.82, 2.24) is 0 Å². The first-order valence-corrected chi connectivity index (χ1v) is 4.66. The first kappa shape index (κ1) is 10.4. The zero-order valence-corrected chi connectivity index (χ0v) is 8.60.